The van der Waals surface area contributed by atoms with Gasteiger partial charge in [-0.25, -0.2) is 9.78 Å². The number of thiazole rings is 1. The number of nitrogens with zero attached hydrogens (tertiary/aromatic N) is 2. The molecule has 0 atom stereocenters. The highest BCUT2D eigenvalue weighted by atomic mass is 32.1. The zero-order valence-corrected chi connectivity index (χ0v) is 15.9. The highest BCUT2D eigenvalue weighted by Gasteiger charge is 2.13. The fourth-order valence-corrected chi connectivity index (χ4v) is 3.22. The summed E-state index contributed by atoms with van der Waals surface area (Å²) in [5.74, 6) is 0.650. The fraction of sp³-hybridized carbons (Fsp3) is 0.158. The first kappa shape index (κ1) is 19.3. The number of aromatic nitrogens is 1. The highest BCUT2D eigenvalue weighted by Crippen LogP contribution is 2.33. The molecule has 0 saturated carbocycles. The van der Waals surface area contributed by atoms with Crippen LogP contribution >= 0.6 is 11.3 Å². The number of nitro groups is 1. The van der Waals surface area contributed by atoms with E-state index in [1.54, 1.807) is 25.7 Å². The molecule has 1 aromatic heterocycles. The maximum atomic E-state index is 12.1. The van der Waals surface area contributed by atoms with Crippen molar-refractivity contribution in [1.82, 2.24) is 4.98 Å². The lowest BCUT2D eigenvalue weighted by molar-refractivity contribution is -0.384. The van der Waals surface area contributed by atoms with Crippen LogP contribution in [0.25, 0.3) is 10.6 Å². The number of ether oxygens (including phenoxy) is 3. The van der Waals surface area contributed by atoms with Gasteiger partial charge in [-0.2, -0.15) is 0 Å². The monoisotopic (exact) mass is 400 g/mol. The van der Waals surface area contributed by atoms with E-state index in [4.69, 9.17) is 14.2 Å². The lowest BCUT2D eigenvalue weighted by atomic mass is 10.2. The molecule has 0 bridgehead atoms. The smallest absolute Gasteiger partial charge is 0.338 e. The molecule has 3 aromatic rings. The molecule has 144 valence electrons. The maximum absolute atomic E-state index is 12.1. The van der Waals surface area contributed by atoms with E-state index in [0.29, 0.717) is 17.2 Å². The molecule has 0 radical (unpaired) electrons. The van der Waals surface area contributed by atoms with Crippen molar-refractivity contribution in [2.24, 2.45) is 0 Å². The summed E-state index contributed by atoms with van der Waals surface area (Å²) in [6, 6.07) is 10.7. The summed E-state index contributed by atoms with van der Waals surface area (Å²) in [5.41, 5.74) is 1.61. The number of hydrogen-bond donors (Lipinski definition) is 0. The first-order valence-electron chi connectivity index (χ1n) is 8.10. The largest absolute Gasteiger partial charge is 0.493 e. The fourth-order valence-electron chi connectivity index (χ4n) is 2.42. The molecule has 1 heterocycles. The molecule has 0 aliphatic rings. The van der Waals surface area contributed by atoms with Crippen molar-refractivity contribution in [3.05, 3.63) is 69.2 Å². The van der Waals surface area contributed by atoms with Crippen molar-refractivity contribution >= 4 is 23.0 Å². The zero-order chi connectivity index (χ0) is 20.1. The maximum Gasteiger partial charge on any atom is 0.338 e. The number of non-ortho nitro benzene ring substituents is 1. The van der Waals surface area contributed by atoms with Crippen molar-refractivity contribution < 1.29 is 23.9 Å². The van der Waals surface area contributed by atoms with Crippen molar-refractivity contribution in [2.45, 2.75) is 6.61 Å². The lowest BCUT2D eigenvalue weighted by Gasteiger charge is -2.08. The first-order valence-corrected chi connectivity index (χ1v) is 8.98. The van der Waals surface area contributed by atoms with Crippen LogP contribution in [0.1, 0.15) is 16.1 Å². The van der Waals surface area contributed by atoms with E-state index >= 15 is 0 Å². The number of methoxy groups -OCH3 is 2. The van der Waals surface area contributed by atoms with Gasteiger partial charge in [0.25, 0.3) is 5.69 Å². The SMILES string of the molecule is COc1ccc(-c2nc(COC(=O)c3ccc([N+](=O)[O-])cc3)cs2)cc1OC. The Balaban J connectivity index is 1.66. The average Bonchev–Trinajstić information content (AvgIpc) is 3.20. The summed E-state index contributed by atoms with van der Waals surface area (Å²) in [6.07, 6.45) is 0. The van der Waals surface area contributed by atoms with Crippen molar-refractivity contribution in [2.75, 3.05) is 14.2 Å². The van der Waals surface area contributed by atoms with Crippen LogP contribution in [-0.4, -0.2) is 30.1 Å². The van der Waals surface area contributed by atoms with Crippen LogP contribution < -0.4 is 9.47 Å². The predicted molar refractivity (Wildman–Crippen MR) is 103 cm³/mol. The highest BCUT2D eigenvalue weighted by molar-refractivity contribution is 7.13. The number of hydrogen-bond acceptors (Lipinski definition) is 8. The minimum atomic E-state index is -0.574. The van der Waals surface area contributed by atoms with E-state index in [2.05, 4.69) is 4.98 Å². The van der Waals surface area contributed by atoms with Gasteiger partial charge in [-0.3, -0.25) is 10.1 Å². The number of nitro benzene ring substituents is 1. The van der Waals surface area contributed by atoms with Crippen LogP contribution in [0.3, 0.4) is 0 Å². The summed E-state index contributed by atoms with van der Waals surface area (Å²) >= 11 is 1.41. The molecule has 0 amide bonds. The Kier molecular flexibility index (Phi) is 5.85. The van der Waals surface area contributed by atoms with Gasteiger partial charge in [-0.1, -0.05) is 0 Å². The van der Waals surface area contributed by atoms with Crippen molar-refractivity contribution in [3.63, 3.8) is 0 Å². The van der Waals surface area contributed by atoms with E-state index < -0.39 is 10.9 Å². The third-order valence-electron chi connectivity index (χ3n) is 3.85. The van der Waals surface area contributed by atoms with E-state index in [1.165, 1.54) is 35.6 Å². The minimum Gasteiger partial charge on any atom is -0.493 e. The molecule has 0 fully saturated rings. The zero-order valence-electron chi connectivity index (χ0n) is 15.1. The predicted octanol–water partition coefficient (Wildman–Crippen LogP) is 4.09. The van der Waals surface area contributed by atoms with Gasteiger partial charge in [0, 0.05) is 23.1 Å². The summed E-state index contributed by atoms with van der Waals surface area (Å²) in [7, 11) is 3.13. The second-order valence-corrected chi connectivity index (χ2v) is 6.45. The molecule has 0 unspecified atom stereocenters. The number of carbonyl (C=O) groups is 1. The topological polar surface area (TPSA) is 101 Å². The molecule has 0 saturated heterocycles. The van der Waals surface area contributed by atoms with Crippen LogP contribution in [0.2, 0.25) is 0 Å². The number of rotatable bonds is 7. The average molecular weight is 400 g/mol. The molecule has 0 spiro atoms. The second kappa shape index (κ2) is 8.49. The Morgan fingerprint density at radius 2 is 1.82 bits per heavy atom. The normalized spacial score (nSPS) is 10.4. The van der Waals surface area contributed by atoms with Crippen LogP contribution in [-0.2, 0) is 11.3 Å². The van der Waals surface area contributed by atoms with Gasteiger partial charge in [0.1, 0.15) is 11.6 Å². The summed E-state index contributed by atoms with van der Waals surface area (Å²) < 4.78 is 15.8. The van der Waals surface area contributed by atoms with Gasteiger partial charge in [0.2, 0.25) is 0 Å². The Morgan fingerprint density at radius 3 is 2.46 bits per heavy atom. The molecular formula is C19H16N2O6S. The molecule has 0 aliphatic heterocycles. The third-order valence-corrected chi connectivity index (χ3v) is 4.79. The van der Waals surface area contributed by atoms with Gasteiger partial charge in [-0.15, -0.1) is 11.3 Å². The molecule has 28 heavy (non-hydrogen) atoms. The van der Waals surface area contributed by atoms with Gasteiger partial charge >= 0.3 is 5.97 Å². The molecule has 9 heteroatoms. The van der Waals surface area contributed by atoms with Gasteiger partial charge in [0.15, 0.2) is 11.5 Å². The van der Waals surface area contributed by atoms with Gasteiger partial charge in [0.05, 0.1) is 30.4 Å². The lowest BCUT2D eigenvalue weighted by Crippen LogP contribution is -2.05. The molecule has 8 nitrogen and oxygen atoms in total. The molecule has 0 aliphatic carbocycles. The Morgan fingerprint density at radius 1 is 1.11 bits per heavy atom. The number of esters is 1. The van der Waals surface area contributed by atoms with E-state index in [9.17, 15) is 14.9 Å². The van der Waals surface area contributed by atoms with Crippen molar-refractivity contribution in [3.8, 4) is 22.1 Å². The first-order chi connectivity index (χ1) is 13.5. The molecular weight excluding hydrogens is 384 g/mol. The Hall–Kier alpha value is -3.46. The summed E-state index contributed by atoms with van der Waals surface area (Å²) in [4.78, 5) is 26.7. The van der Waals surface area contributed by atoms with Crippen LogP contribution in [0, 0.1) is 10.1 Å². The van der Waals surface area contributed by atoms with Crippen molar-refractivity contribution in [1.29, 1.82) is 0 Å². The molecule has 3 rings (SSSR count). The summed E-state index contributed by atoms with van der Waals surface area (Å²) in [6.45, 7) is -0.000386. The Bertz CT molecular complexity index is 1000. The minimum absolute atomic E-state index is 0.000386. The molecule has 2 aromatic carbocycles. The third kappa shape index (κ3) is 4.26. The molecule has 0 N–H and O–H groups in total. The quantitative estimate of drug-likeness (QED) is 0.334. The second-order valence-electron chi connectivity index (χ2n) is 5.59. The van der Waals surface area contributed by atoms with Crippen LogP contribution in [0.15, 0.2) is 47.8 Å². The standard InChI is InChI=1S/C19H16N2O6S/c1-25-16-8-5-13(9-17(16)26-2)18-20-14(11-28-18)10-27-19(22)12-3-6-15(7-4-12)21(23)24/h3-9,11H,10H2,1-2H3. The number of benzene rings is 2. The van der Waals surface area contributed by atoms with Gasteiger partial charge in [-0.05, 0) is 30.3 Å². The van der Waals surface area contributed by atoms with E-state index in [-0.39, 0.29) is 17.9 Å². The number of carbonyl (C=O) groups excluding carboxylic acids is 1. The van der Waals surface area contributed by atoms with Gasteiger partial charge < -0.3 is 14.2 Å². The van der Waals surface area contributed by atoms with Crippen LogP contribution in [0.4, 0.5) is 5.69 Å². The summed E-state index contributed by atoms with van der Waals surface area (Å²) in [5, 5.41) is 13.2. The van der Waals surface area contributed by atoms with E-state index in [0.717, 1.165) is 10.6 Å². The van der Waals surface area contributed by atoms with E-state index in [1.807, 2.05) is 12.1 Å². The van der Waals surface area contributed by atoms with Crippen LogP contribution in [0.5, 0.6) is 11.5 Å². The Labute approximate surface area is 164 Å².